The minimum absolute atomic E-state index is 0.164. The number of alkyl carbamates (subject to hydrolysis) is 1. The van der Waals surface area contributed by atoms with E-state index < -0.39 is 23.8 Å². The number of nitrogens with zero attached hydrogens (tertiary/aromatic N) is 3. The fraction of sp³-hybridized carbons (Fsp3) is 0.394. The van der Waals surface area contributed by atoms with E-state index in [1.807, 2.05) is 66.0 Å². The first kappa shape index (κ1) is 30.3. The first-order valence-corrected chi connectivity index (χ1v) is 15.4. The summed E-state index contributed by atoms with van der Waals surface area (Å²) in [4.78, 5) is 48.6. The minimum atomic E-state index is -0.845. The molecule has 2 aliphatic rings. The molecule has 0 bridgehead atoms. The zero-order valence-corrected chi connectivity index (χ0v) is 25.6. The van der Waals surface area contributed by atoms with Crippen molar-refractivity contribution in [3.8, 4) is 11.3 Å². The molecule has 226 valence electrons. The first-order chi connectivity index (χ1) is 20.6. The molecule has 3 aromatic rings. The quantitative estimate of drug-likeness (QED) is 0.318. The molecular weight excluding hydrogens is 564 g/mol. The molecule has 0 radical (unpaired) electrons. The molecule has 0 saturated carbocycles. The SMILES string of the molecule is C=CCC(NC(=O)OC(C)(C)C)C(=O)N1CCC2C1C(c1nc(-c3ccccc3)cs1)CN2C(=O)OCc1ccccc1. The van der Waals surface area contributed by atoms with Gasteiger partial charge in [0.05, 0.1) is 23.7 Å². The van der Waals surface area contributed by atoms with E-state index in [-0.39, 0.29) is 36.9 Å². The zero-order valence-electron chi connectivity index (χ0n) is 24.8. The summed E-state index contributed by atoms with van der Waals surface area (Å²) in [5.74, 6) is -0.448. The normalized spacial score (nSPS) is 20.3. The number of fused-ring (bicyclic) bond motifs is 1. The molecule has 0 spiro atoms. The lowest BCUT2D eigenvalue weighted by atomic mass is 9.99. The van der Waals surface area contributed by atoms with E-state index in [0.29, 0.717) is 19.5 Å². The van der Waals surface area contributed by atoms with Crippen LogP contribution in [-0.4, -0.2) is 69.7 Å². The summed E-state index contributed by atoms with van der Waals surface area (Å²) < 4.78 is 11.2. The topological polar surface area (TPSA) is 101 Å². The second kappa shape index (κ2) is 13.0. The van der Waals surface area contributed by atoms with Crippen LogP contribution in [0.1, 0.15) is 50.1 Å². The van der Waals surface area contributed by atoms with E-state index in [9.17, 15) is 14.4 Å². The van der Waals surface area contributed by atoms with Crippen LogP contribution in [0.2, 0.25) is 0 Å². The maximum atomic E-state index is 14.0. The van der Waals surface area contributed by atoms with E-state index in [1.165, 1.54) is 11.3 Å². The number of hydrogen-bond acceptors (Lipinski definition) is 7. The molecule has 4 unspecified atom stereocenters. The number of rotatable bonds is 8. The third-order valence-electron chi connectivity index (χ3n) is 7.65. The standard InChI is InChI=1S/C33H38N4O5S/c1-5-12-25(35-31(39)42-33(2,3)4)30(38)36-18-17-27-28(36)24(29-34-26(21-43-29)23-15-10-7-11-16-23)19-37(27)32(40)41-20-22-13-8-6-9-14-22/h5-11,13-16,21,24-25,27-28H,1,12,17-20H2,2-4H3,(H,35,39). The van der Waals surface area contributed by atoms with Crippen molar-refractivity contribution in [3.05, 3.63) is 89.3 Å². The van der Waals surface area contributed by atoms with Crippen molar-refractivity contribution in [2.75, 3.05) is 13.1 Å². The largest absolute Gasteiger partial charge is 0.445 e. The second-order valence-electron chi connectivity index (χ2n) is 11.8. The molecule has 3 heterocycles. The van der Waals surface area contributed by atoms with Gasteiger partial charge in [0.2, 0.25) is 5.91 Å². The van der Waals surface area contributed by atoms with Gasteiger partial charge in [-0.15, -0.1) is 17.9 Å². The summed E-state index contributed by atoms with van der Waals surface area (Å²) in [5, 5.41) is 5.61. The summed E-state index contributed by atoms with van der Waals surface area (Å²) in [5.41, 5.74) is 2.06. The number of hydrogen-bond donors (Lipinski definition) is 1. The molecule has 3 amide bonds. The molecule has 2 fully saturated rings. The van der Waals surface area contributed by atoms with Gasteiger partial charge in [0.1, 0.15) is 23.3 Å². The van der Waals surface area contributed by atoms with Crippen LogP contribution < -0.4 is 5.32 Å². The van der Waals surface area contributed by atoms with Crippen LogP contribution in [-0.2, 0) is 20.9 Å². The third kappa shape index (κ3) is 7.07. The Bertz CT molecular complexity index is 1440. The van der Waals surface area contributed by atoms with Crippen LogP contribution in [0.15, 0.2) is 78.7 Å². The fourth-order valence-electron chi connectivity index (χ4n) is 5.81. The number of ether oxygens (including phenoxy) is 2. The third-order valence-corrected chi connectivity index (χ3v) is 8.63. The Morgan fingerprint density at radius 2 is 1.79 bits per heavy atom. The average molecular weight is 603 g/mol. The van der Waals surface area contributed by atoms with Gasteiger partial charge in [0, 0.05) is 24.0 Å². The highest BCUT2D eigenvalue weighted by molar-refractivity contribution is 7.10. The van der Waals surface area contributed by atoms with Crippen LogP contribution in [0.3, 0.4) is 0 Å². The molecule has 2 aliphatic heterocycles. The van der Waals surface area contributed by atoms with Crippen molar-refractivity contribution < 1.29 is 23.9 Å². The van der Waals surface area contributed by atoms with Gasteiger partial charge in [-0.3, -0.25) is 4.79 Å². The van der Waals surface area contributed by atoms with E-state index in [4.69, 9.17) is 14.5 Å². The smallest absolute Gasteiger partial charge is 0.410 e. The maximum Gasteiger partial charge on any atom is 0.410 e. The van der Waals surface area contributed by atoms with Crippen LogP contribution in [0.4, 0.5) is 9.59 Å². The van der Waals surface area contributed by atoms with E-state index in [1.54, 1.807) is 36.6 Å². The summed E-state index contributed by atoms with van der Waals surface area (Å²) in [6, 6.07) is 18.1. The molecular formula is C33H38N4O5S. The molecule has 4 atom stereocenters. The van der Waals surface area contributed by atoms with Crippen LogP contribution in [0.5, 0.6) is 0 Å². The Labute approximate surface area is 256 Å². The summed E-state index contributed by atoms with van der Waals surface area (Å²) in [7, 11) is 0. The summed E-state index contributed by atoms with van der Waals surface area (Å²) in [6.45, 7) is 10.1. The maximum absolute atomic E-state index is 14.0. The van der Waals surface area contributed by atoms with Crippen LogP contribution >= 0.6 is 11.3 Å². The number of nitrogens with one attached hydrogen (secondary N) is 1. The Hall–Kier alpha value is -4.18. The molecule has 1 aromatic heterocycles. The summed E-state index contributed by atoms with van der Waals surface area (Å²) >= 11 is 1.53. The molecule has 9 nitrogen and oxygen atoms in total. The molecule has 43 heavy (non-hydrogen) atoms. The lowest BCUT2D eigenvalue weighted by Crippen LogP contribution is -2.52. The van der Waals surface area contributed by atoms with Gasteiger partial charge in [-0.1, -0.05) is 66.7 Å². The molecule has 2 aromatic carbocycles. The van der Waals surface area contributed by atoms with Crippen molar-refractivity contribution >= 4 is 29.4 Å². The van der Waals surface area contributed by atoms with Gasteiger partial charge < -0.3 is 24.6 Å². The molecule has 0 aliphatic carbocycles. The van der Waals surface area contributed by atoms with E-state index in [0.717, 1.165) is 21.8 Å². The van der Waals surface area contributed by atoms with Crippen molar-refractivity contribution in [2.45, 2.75) is 69.9 Å². The predicted molar refractivity (Wildman–Crippen MR) is 166 cm³/mol. The van der Waals surface area contributed by atoms with Gasteiger partial charge in [0.15, 0.2) is 0 Å². The van der Waals surface area contributed by atoms with Gasteiger partial charge in [0.25, 0.3) is 0 Å². The van der Waals surface area contributed by atoms with Crippen molar-refractivity contribution in [1.29, 1.82) is 0 Å². The highest BCUT2D eigenvalue weighted by atomic mass is 32.1. The molecule has 2 saturated heterocycles. The van der Waals surface area contributed by atoms with E-state index in [2.05, 4.69) is 11.9 Å². The van der Waals surface area contributed by atoms with Crippen LogP contribution in [0, 0.1) is 0 Å². The average Bonchev–Trinajstić information content (AvgIpc) is 3.72. The zero-order chi connectivity index (χ0) is 30.6. The second-order valence-corrected chi connectivity index (χ2v) is 12.7. The summed E-state index contributed by atoms with van der Waals surface area (Å²) in [6.07, 6.45) is 1.38. The fourth-order valence-corrected chi connectivity index (χ4v) is 6.77. The number of thiazole rings is 1. The van der Waals surface area contributed by atoms with E-state index >= 15 is 0 Å². The van der Waals surface area contributed by atoms with Gasteiger partial charge in [-0.2, -0.15) is 0 Å². The van der Waals surface area contributed by atoms with Gasteiger partial charge in [-0.25, -0.2) is 14.6 Å². The monoisotopic (exact) mass is 602 g/mol. The highest BCUT2D eigenvalue weighted by Gasteiger charge is 2.54. The first-order valence-electron chi connectivity index (χ1n) is 14.5. The molecule has 10 heteroatoms. The van der Waals surface area contributed by atoms with Gasteiger partial charge in [-0.05, 0) is 39.2 Å². The Kier molecular flexibility index (Phi) is 9.15. The Balaban J connectivity index is 1.40. The van der Waals surface area contributed by atoms with Crippen molar-refractivity contribution in [2.24, 2.45) is 0 Å². The lowest BCUT2D eigenvalue weighted by Gasteiger charge is -2.31. The minimum Gasteiger partial charge on any atom is -0.445 e. The lowest BCUT2D eigenvalue weighted by molar-refractivity contribution is -0.134. The van der Waals surface area contributed by atoms with Gasteiger partial charge >= 0.3 is 12.2 Å². The van der Waals surface area contributed by atoms with Crippen molar-refractivity contribution in [3.63, 3.8) is 0 Å². The predicted octanol–water partition coefficient (Wildman–Crippen LogP) is 5.99. The highest BCUT2D eigenvalue weighted by Crippen LogP contribution is 2.43. The molecule has 5 rings (SSSR count). The van der Waals surface area contributed by atoms with Crippen LogP contribution in [0.25, 0.3) is 11.3 Å². The van der Waals surface area contributed by atoms with Crippen molar-refractivity contribution in [1.82, 2.24) is 20.1 Å². The number of benzene rings is 2. The molecule has 1 N–H and O–H groups in total. The number of likely N-dealkylation sites (tertiary alicyclic amines) is 2. The number of aromatic nitrogens is 1. The number of carbonyl (C=O) groups is 3. The number of carbonyl (C=O) groups excluding carboxylic acids is 3. The Morgan fingerprint density at radius 3 is 2.47 bits per heavy atom. The number of amides is 3. The Morgan fingerprint density at radius 1 is 1.09 bits per heavy atom.